The SMILES string of the molecule is O=C1CN=C(c2ccc(Br)cc2)c2ccc3ccccc3c2N1. The lowest BCUT2D eigenvalue weighted by atomic mass is 9.97. The van der Waals surface area contributed by atoms with E-state index in [4.69, 9.17) is 0 Å². The minimum absolute atomic E-state index is 0.0882. The van der Waals surface area contributed by atoms with Crippen molar-refractivity contribution in [3.8, 4) is 0 Å². The Morgan fingerprint density at radius 3 is 2.57 bits per heavy atom. The largest absolute Gasteiger partial charge is 0.323 e. The fourth-order valence-corrected chi connectivity index (χ4v) is 3.14. The summed E-state index contributed by atoms with van der Waals surface area (Å²) < 4.78 is 1.02. The third-order valence-electron chi connectivity index (χ3n) is 3.95. The Kier molecular flexibility index (Phi) is 3.46. The molecule has 23 heavy (non-hydrogen) atoms. The molecular weight excluding hydrogens is 352 g/mol. The number of amides is 1. The van der Waals surface area contributed by atoms with Crippen molar-refractivity contribution in [3.63, 3.8) is 0 Å². The Bertz CT molecular complexity index is 945. The number of benzene rings is 3. The average molecular weight is 365 g/mol. The minimum atomic E-state index is -0.0882. The second kappa shape index (κ2) is 5.63. The molecule has 0 unspecified atom stereocenters. The second-order valence-corrected chi connectivity index (χ2v) is 6.34. The molecule has 0 bridgehead atoms. The molecule has 0 radical (unpaired) electrons. The molecule has 1 heterocycles. The number of carbonyl (C=O) groups is 1. The molecule has 0 saturated heterocycles. The van der Waals surface area contributed by atoms with Crippen molar-refractivity contribution < 1.29 is 4.79 Å². The summed E-state index contributed by atoms with van der Waals surface area (Å²) in [6.07, 6.45) is 0. The van der Waals surface area contributed by atoms with Gasteiger partial charge in [0.2, 0.25) is 5.91 Å². The minimum Gasteiger partial charge on any atom is -0.323 e. The lowest BCUT2D eigenvalue weighted by Crippen LogP contribution is -2.13. The van der Waals surface area contributed by atoms with E-state index in [0.29, 0.717) is 0 Å². The van der Waals surface area contributed by atoms with E-state index in [2.05, 4.69) is 32.3 Å². The van der Waals surface area contributed by atoms with Gasteiger partial charge in [-0.15, -0.1) is 0 Å². The van der Waals surface area contributed by atoms with Crippen LogP contribution < -0.4 is 5.32 Å². The van der Waals surface area contributed by atoms with E-state index in [1.165, 1.54) is 0 Å². The van der Waals surface area contributed by atoms with Gasteiger partial charge in [0.25, 0.3) is 0 Å². The number of nitrogens with zero attached hydrogens (tertiary/aromatic N) is 1. The van der Waals surface area contributed by atoms with Crippen LogP contribution in [0.1, 0.15) is 11.1 Å². The van der Waals surface area contributed by atoms with Crippen LogP contribution in [0.3, 0.4) is 0 Å². The van der Waals surface area contributed by atoms with Crippen LogP contribution >= 0.6 is 15.9 Å². The van der Waals surface area contributed by atoms with Crippen LogP contribution in [0.4, 0.5) is 5.69 Å². The molecule has 3 aromatic carbocycles. The number of fused-ring (bicyclic) bond motifs is 3. The maximum atomic E-state index is 12.1. The summed E-state index contributed by atoms with van der Waals surface area (Å²) in [6.45, 7) is 0.133. The molecule has 0 saturated carbocycles. The van der Waals surface area contributed by atoms with Crippen LogP contribution in [0.2, 0.25) is 0 Å². The number of rotatable bonds is 1. The first-order valence-corrected chi connectivity index (χ1v) is 8.14. The van der Waals surface area contributed by atoms with Crippen LogP contribution in [-0.4, -0.2) is 18.2 Å². The molecule has 1 aliphatic heterocycles. The fourth-order valence-electron chi connectivity index (χ4n) is 2.87. The lowest BCUT2D eigenvalue weighted by molar-refractivity contribution is -0.114. The molecule has 0 aromatic heterocycles. The molecule has 3 aromatic rings. The molecule has 0 atom stereocenters. The number of halogens is 1. The maximum Gasteiger partial charge on any atom is 0.246 e. The summed E-state index contributed by atoms with van der Waals surface area (Å²) in [4.78, 5) is 16.6. The molecule has 0 aliphatic carbocycles. The summed E-state index contributed by atoms with van der Waals surface area (Å²) in [7, 11) is 0. The molecule has 3 nitrogen and oxygen atoms in total. The first kappa shape index (κ1) is 14.2. The molecule has 1 aliphatic rings. The zero-order chi connectivity index (χ0) is 15.8. The molecule has 4 heteroatoms. The topological polar surface area (TPSA) is 41.5 Å². The van der Waals surface area contributed by atoms with E-state index >= 15 is 0 Å². The van der Waals surface area contributed by atoms with Crippen LogP contribution in [0, 0.1) is 0 Å². The third-order valence-corrected chi connectivity index (χ3v) is 4.48. The van der Waals surface area contributed by atoms with Gasteiger partial charge >= 0.3 is 0 Å². The predicted octanol–water partition coefficient (Wildman–Crippen LogP) is 4.39. The highest BCUT2D eigenvalue weighted by Crippen LogP contribution is 2.31. The number of hydrogen-bond donors (Lipinski definition) is 1. The van der Waals surface area contributed by atoms with E-state index in [1.54, 1.807) is 0 Å². The molecule has 112 valence electrons. The average Bonchev–Trinajstić information content (AvgIpc) is 2.74. The summed E-state index contributed by atoms with van der Waals surface area (Å²) in [5, 5.41) is 5.15. The molecule has 0 spiro atoms. The van der Waals surface area contributed by atoms with E-state index in [0.717, 1.165) is 37.8 Å². The predicted molar refractivity (Wildman–Crippen MR) is 97.2 cm³/mol. The van der Waals surface area contributed by atoms with E-state index in [9.17, 15) is 4.79 Å². The number of anilines is 1. The van der Waals surface area contributed by atoms with Gasteiger partial charge in [0.05, 0.1) is 11.4 Å². The van der Waals surface area contributed by atoms with Crippen LogP contribution in [-0.2, 0) is 4.79 Å². The van der Waals surface area contributed by atoms with Crippen molar-refractivity contribution in [1.29, 1.82) is 0 Å². The quantitative estimate of drug-likeness (QED) is 0.683. The summed E-state index contributed by atoms with van der Waals surface area (Å²) in [6, 6.07) is 20.1. The Morgan fingerprint density at radius 2 is 1.74 bits per heavy atom. The smallest absolute Gasteiger partial charge is 0.246 e. The Balaban J connectivity index is 1.98. The maximum absolute atomic E-state index is 12.1. The van der Waals surface area contributed by atoms with Gasteiger partial charge in [-0.3, -0.25) is 9.79 Å². The van der Waals surface area contributed by atoms with Crippen molar-refractivity contribution in [2.45, 2.75) is 0 Å². The Hall–Kier alpha value is -2.46. The normalized spacial score (nSPS) is 14.0. The van der Waals surface area contributed by atoms with Crippen molar-refractivity contribution in [3.05, 3.63) is 76.3 Å². The van der Waals surface area contributed by atoms with Crippen LogP contribution in [0.5, 0.6) is 0 Å². The molecule has 1 N–H and O–H groups in total. The molecule has 0 fully saturated rings. The first-order chi connectivity index (χ1) is 11.2. The molecule has 4 rings (SSSR count). The monoisotopic (exact) mass is 364 g/mol. The van der Waals surface area contributed by atoms with E-state index in [-0.39, 0.29) is 12.5 Å². The fraction of sp³-hybridized carbons (Fsp3) is 0.0526. The van der Waals surface area contributed by atoms with Crippen molar-refractivity contribution in [2.24, 2.45) is 4.99 Å². The zero-order valence-electron chi connectivity index (χ0n) is 12.2. The van der Waals surface area contributed by atoms with Crippen molar-refractivity contribution in [2.75, 3.05) is 11.9 Å². The van der Waals surface area contributed by atoms with Gasteiger partial charge in [-0.05, 0) is 17.5 Å². The Labute approximate surface area is 142 Å². The van der Waals surface area contributed by atoms with Gasteiger partial charge in [-0.1, -0.05) is 64.5 Å². The second-order valence-electron chi connectivity index (χ2n) is 5.43. The van der Waals surface area contributed by atoms with Gasteiger partial charge in [-0.25, -0.2) is 0 Å². The molecular formula is C19H13BrN2O. The van der Waals surface area contributed by atoms with E-state index < -0.39 is 0 Å². The number of hydrogen-bond acceptors (Lipinski definition) is 2. The van der Waals surface area contributed by atoms with Gasteiger partial charge in [0, 0.05) is 21.0 Å². The third kappa shape index (κ3) is 2.55. The van der Waals surface area contributed by atoms with Crippen molar-refractivity contribution in [1.82, 2.24) is 0 Å². The summed E-state index contributed by atoms with van der Waals surface area (Å²) >= 11 is 3.45. The van der Waals surface area contributed by atoms with Gasteiger partial charge < -0.3 is 5.32 Å². The van der Waals surface area contributed by atoms with Crippen molar-refractivity contribution >= 4 is 44.0 Å². The standard InChI is InChI=1S/C19H13BrN2O/c20-14-8-5-13(6-9-14)18-16-10-7-12-3-1-2-4-15(12)19(16)22-17(23)11-21-18/h1-10H,11H2,(H,22,23). The van der Waals surface area contributed by atoms with Gasteiger partial charge in [0.1, 0.15) is 6.54 Å². The Morgan fingerprint density at radius 1 is 0.957 bits per heavy atom. The molecule has 1 amide bonds. The summed E-state index contributed by atoms with van der Waals surface area (Å²) in [5.74, 6) is -0.0882. The zero-order valence-corrected chi connectivity index (χ0v) is 13.8. The lowest BCUT2D eigenvalue weighted by Gasteiger charge is -2.13. The first-order valence-electron chi connectivity index (χ1n) is 7.35. The van der Waals surface area contributed by atoms with Crippen LogP contribution in [0.25, 0.3) is 10.8 Å². The van der Waals surface area contributed by atoms with Gasteiger partial charge in [-0.2, -0.15) is 0 Å². The van der Waals surface area contributed by atoms with Crippen LogP contribution in [0.15, 0.2) is 70.1 Å². The number of nitrogens with one attached hydrogen (secondary N) is 1. The summed E-state index contributed by atoms with van der Waals surface area (Å²) in [5.41, 5.74) is 3.64. The van der Waals surface area contributed by atoms with Gasteiger partial charge in [0.15, 0.2) is 0 Å². The number of carbonyl (C=O) groups excluding carboxylic acids is 1. The highest BCUT2D eigenvalue weighted by Gasteiger charge is 2.19. The number of aliphatic imine (C=N–C) groups is 1. The van der Waals surface area contributed by atoms with E-state index in [1.807, 2.05) is 54.6 Å². The highest BCUT2D eigenvalue weighted by atomic mass is 79.9. The highest BCUT2D eigenvalue weighted by molar-refractivity contribution is 9.10.